The second-order valence-electron chi connectivity index (χ2n) is 3.16. The average molecular weight is 267 g/mol. The van der Waals surface area contributed by atoms with Gasteiger partial charge in [-0.05, 0) is 25.5 Å². The molecule has 0 saturated carbocycles. The van der Waals surface area contributed by atoms with E-state index in [1.807, 2.05) is 6.92 Å². The standard InChI is InChI=1S/C10H10Cl3NO/c1-5-3-4-7(12)9(8(5)13)14-10(15)6(2)11/h3-4,6H,1-2H3,(H,14,15)/t6-/m1/s1. The van der Waals surface area contributed by atoms with E-state index in [4.69, 9.17) is 34.8 Å². The maximum atomic E-state index is 11.4. The monoisotopic (exact) mass is 265 g/mol. The quantitative estimate of drug-likeness (QED) is 0.809. The third-order valence-corrected chi connectivity index (χ3v) is 2.89. The van der Waals surface area contributed by atoms with Crippen molar-refractivity contribution in [1.29, 1.82) is 0 Å². The molecule has 1 N–H and O–H groups in total. The number of aryl methyl sites for hydroxylation is 1. The maximum Gasteiger partial charge on any atom is 0.242 e. The summed E-state index contributed by atoms with van der Waals surface area (Å²) in [6.07, 6.45) is 0. The summed E-state index contributed by atoms with van der Waals surface area (Å²) in [4.78, 5) is 11.4. The van der Waals surface area contributed by atoms with Crippen molar-refractivity contribution >= 4 is 46.4 Å². The lowest BCUT2D eigenvalue weighted by molar-refractivity contribution is -0.115. The summed E-state index contributed by atoms with van der Waals surface area (Å²) >= 11 is 17.5. The molecule has 1 amide bonds. The van der Waals surface area contributed by atoms with Crippen molar-refractivity contribution in [2.75, 3.05) is 5.32 Å². The van der Waals surface area contributed by atoms with Crippen LogP contribution in [0.15, 0.2) is 12.1 Å². The van der Waals surface area contributed by atoms with E-state index < -0.39 is 5.38 Å². The Kier molecular flexibility index (Phi) is 4.26. The van der Waals surface area contributed by atoms with Crippen LogP contribution in [0, 0.1) is 6.92 Å². The Hall–Kier alpha value is -0.440. The average Bonchev–Trinajstić information content (AvgIpc) is 2.18. The van der Waals surface area contributed by atoms with E-state index in [0.29, 0.717) is 15.7 Å². The number of benzene rings is 1. The predicted octanol–water partition coefficient (Wildman–Crippen LogP) is 3.87. The van der Waals surface area contributed by atoms with E-state index >= 15 is 0 Å². The zero-order chi connectivity index (χ0) is 11.6. The van der Waals surface area contributed by atoms with Gasteiger partial charge in [-0.3, -0.25) is 4.79 Å². The van der Waals surface area contributed by atoms with Crippen LogP contribution in [0.4, 0.5) is 5.69 Å². The van der Waals surface area contributed by atoms with E-state index in [1.54, 1.807) is 19.1 Å². The van der Waals surface area contributed by atoms with Crippen molar-refractivity contribution in [3.05, 3.63) is 27.7 Å². The Morgan fingerprint density at radius 2 is 2.00 bits per heavy atom. The molecule has 0 radical (unpaired) electrons. The SMILES string of the molecule is Cc1ccc(Cl)c(NC(=O)[C@@H](C)Cl)c1Cl. The minimum Gasteiger partial charge on any atom is -0.322 e. The van der Waals surface area contributed by atoms with Crippen LogP contribution >= 0.6 is 34.8 Å². The minimum atomic E-state index is -0.627. The zero-order valence-electron chi connectivity index (χ0n) is 8.27. The first-order valence-corrected chi connectivity index (χ1v) is 5.52. The maximum absolute atomic E-state index is 11.4. The van der Waals surface area contributed by atoms with Crippen LogP contribution in [-0.2, 0) is 4.79 Å². The summed E-state index contributed by atoms with van der Waals surface area (Å²) < 4.78 is 0. The number of nitrogens with one attached hydrogen (secondary N) is 1. The number of anilines is 1. The fourth-order valence-electron chi connectivity index (χ4n) is 0.994. The summed E-state index contributed by atoms with van der Waals surface area (Å²) in [5.74, 6) is -0.328. The van der Waals surface area contributed by atoms with Gasteiger partial charge in [0.25, 0.3) is 0 Å². The molecule has 0 spiro atoms. The van der Waals surface area contributed by atoms with E-state index in [2.05, 4.69) is 5.32 Å². The lowest BCUT2D eigenvalue weighted by Gasteiger charge is -2.11. The normalized spacial score (nSPS) is 12.3. The van der Waals surface area contributed by atoms with Gasteiger partial charge in [0.1, 0.15) is 5.38 Å². The molecule has 0 aromatic heterocycles. The Balaban J connectivity index is 3.04. The molecular formula is C10H10Cl3NO. The van der Waals surface area contributed by atoms with Crippen molar-refractivity contribution < 1.29 is 4.79 Å². The zero-order valence-corrected chi connectivity index (χ0v) is 10.5. The van der Waals surface area contributed by atoms with Crippen LogP contribution in [0.2, 0.25) is 10.0 Å². The summed E-state index contributed by atoms with van der Waals surface area (Å²) in [6.45, 7) is 3.41. The van der Waals surface area contributed by atoms with Gasteiger partial charge in [-0.2, -0.15) is 0 Å². The van der Waals surface area contributed by atoms with Gasteiger partial charge >= 0.3 is 0 Å². The molecule has 0 bridgehead atoms. The van der Waals surface area contributed by atoms with E-state index in [9.17, 15) is 4.79 Å². The van der Waals surface area contributed by atoms with Gasteiger partial charge in [-0.15, -0.1) is 11.6 Å². The van der Waals surface area contributed by atoms with Crippen LogP contribution in [-0.4, -0.2) is 11.3 Å². The van der Waals surface area contributed by atoms with Crippen molar-refractivity contribution in [2.45, 2.75) is 19.2 Å². The summed E-state index contributed by atoms with van der Waals surface area (Å²) in [6, 6.07) is 3.46. The number of hydrogen-bond donors (Lipinski definition) is 1. The number of amides is 1. The fourth-order valence-corrected chi connectivity index (χ4v) is 1.51. The molecule has 0 aliphatic heterocycles. The fraction of sp³-hybridized carbons (Fsp3) is 0.300. The largest absolute Gasteiger partial charge is 0.322 e. The Morgan fingerprint density at radius 1 is 1.40 bits per heavy atom. The second-order valence-corrected chi connectivity index (χ2v) is 4.60. The molecule has 1 aromatic rings. The highest BCUT2D eigenvalue weighted by atomic mass is 35.5. The highest BCUT2D eigenvalue weighted by Crippen LogP contribution is 2.32. The highest BCUT2D eigenvalue weighted by molar-refractivity contribution is 6.41. The van der Waals surface area contributed by atoms with Gasteiger partial charge in [0, 0.05) is 0 Å². The van der Waals surface area contributed by atoms with E-state index in [-0.39, 0.29) is 5.91 Å². The highest BCUT2D eigenvalue weighted by Gasteiger charge is 2.14. The first-order chi connectivity index (χ1) is 6.93. The summed E-state index contributed by atoms with van der Waals surface area (Å²) in [5, 5.41) is 2.79. The molecule has 0 saturated heterocycles. The van der Waals surface area contributed by atoms with Crippen molar-refractivity contribution in [3.8, 4) is 0 Å². The smallest absolute Gasteiger partial charge is 0.242 e. The Labute approximate surface area is 104 Å². The lowest BCUT2D eigenvalue weighted by atomic mass is 10.2. The number of hydrogen-bond acceptors (Lipinski definition) is 1. The van der Waals surface area contributed by atoms with Gasteiger partial charge in [0.15, 0.2) is 0 Å². The molecule has 15 heavy (non-hydrogen) atoms. The van der Waals surface area contributed by atoms with Crippen LogP contribution in [0.25, 0.3) is 0 Å². The van der Waals surface area contributed by atoms with Crippen molar-refractivity contribution in [2.24, 2.45) is 0 Å². The van der Waals surface area contributed by atoms with Crippen LogP contribution < -0.4 is 5.32 Å². The van der Waals surface area contributed by atoms with Crippen LogP contribution in [0.5, 0.6) is 0 Å². The molecule has 1 rings (SSSR count). The number of carbonyl (C=O) groups is 1. The molecule has 82 valence electrons. The lowest BCUT2D eigenvalue weighted by Crippen LogP contribution is -2.20. The number of rotatable bonds is 2. The molecule has 0 unspecified atom stereocenters. The minimum absolute atomic E-state index is 0.328. The van der Waals surface area contributed by atoms with Gasteiger partial charge in [-0.25, -0.2) is 0 Å². The first-order valence-electron chi connectivity index (χ1n) is 4.33. The molecule has 5 heteroatoms. The van der Waals surface area contributed by atoms with Gasteiger partial charge < -0.3 is 5.32 Å². The predicted molar refractivity (Wildman–Crippen MR) is 65.1 cm³/mol. The van der Waals surface area contributed by atoms with Crippen molar-refractivity contribution in [1.82, 2.24) is 0 Å². The third-order valence-electron chi connectivity index (χ3n) is 1.89. The van der Waals surface area contributed by atoms with Gasteiger partial charge in [0.05, 0.1) is 15.7 Å². The molecule has 0 aliphatic rings. The topological polar surface area (TPSA) is 29.1 Å². The van der Waals surface area contributed by atoms with E-state index in [0.717, 1.165) is 5.56 Å². The second kappa shape index (κ2) is 5.06. The first kappa shape index (κ1) is 12.6. The molecule has 0 aliphatic carbocycles. The molecule has 0 heterocycles. The summed E-state index contributed by atoms with van der Waals surface area (Å²) in [7, 11) is 0. The van der Waals surface area contributed by atoms with Gasteiger partial charge in [0.2, 0.25) is 5.91 Å². The van der Waals surface area contributed by atoms with Gasteiger partial charge in [-0.1, -0.05) is 29.3 Å². The number of alkyl halides is 1. The van der Waals surface area contributed by atoms with E-state index in [1.165, 1.54) is 0 Å². The molecule has 1 atom stereocenters. The molecule has 2 nitrogen and oxygen atoms in total. The van der Waals surface area contributed by atoms with Crippen LogP contribution in [0.3, 0.4) is 0 Å². The molecule has 0 fully saturated rings. The van der Waals surface area contributed by atoms with Crippen molar-refractivity contribution in [3.63, 3.8) is 0 Å². The Morgan fingerprint density at radius 3 is 2.53 bits per heavy atom. The molecular weight excluding hydrogens is 256 g/mol. The summed E-state index contributed by atoms with van der Waals surface area (Å²) in [5.41, 5.74) is 1.26. The Bertz CT molecular complexity index is 390. The number of carbonyl (C=O) groups excluding carboxylic acids is 1. The van der Waals surface area contributed by atoms with Crippen LogP contribution in [0.1, 0.15) is 12.5 Å². The number of halogens is 3. The third kappa shape index (κ3) is 3.00. The molecule has 1 aromatic carbocycles.